The molecule has 0 radical (unpaired) electrons. The van der Waals surface area contributed by atoms with Gasteiger partial charge in [-0.3, -0.25) is 9.48 Å². The van der Waals surface area contributed by atoms with Gasteiger partial charge in [-0.05, 0) is 36.8 Å². The third-order valence-electron chi connectivity index (χ3n) is 4.06. The van der Waals surface area contributed by atoms with Crippen molar-refractivity contribution in [3.8, 4) is 0 Å². The lowest BCUT2D eigenvalue weighted by Gasteiger charge is -2.16. The third kappa shape index (κ3) is 3.02. The number of amides is 1. The first-order valence-corrected chi connectivity index (χ1v) is 8.19. The van der Waals surface area contributed by atoms with Crippen LogP contribution in [0.2, 0.25) is 0 Å². The first-order chi connectivity index (χ1) is 10.0. The summed E-state index contributed by atoms with van der Waals surface area (Å²) in [6.45, 7) is 2.89. The van der Waals surface area contributed by atoms with E-state index in [1.165, 1.54) is 16.9 Å². The molecule has 0 spiro atoms. The molecule has 0 saturated carbocycles. The summed E-state index contributed by atoms with van der Waals surface area (Å²) in [5.41, 5.74) is 2.44. The molecule has 0 fully saturated rings. The summed E-state index contributed by atoms with van der Waals surface area (Å²) in [6.07, 6.45) is 7.24. The second kappa shape index (κ2) is 5.64. The normalized spacial score (nSPS) is 17.6. The predicted octanol–water partition coefficient (Wildman–Crippen LogP) is 2.88. The lowest BCUT2D eigenvalue weighted by molar-refractivity contribution is 0.0790. The van der Waals surface area contributed by atoms with Crippen molar-refractivity contribution in [2.45, 2.75) is 32.7 Å². The number of nitrogens with zero attached hydrogens (tertiary/aromatic N) is 3. The molecule has 2 aromatic rings. The van der Waals surface area contributed by atoms with Crippen molar-refractivity contribution in [3.63, 3.8) is 0 Å². The van der Waals surface area contributed by atoms with Gasteiger partial charge in [-0.15, -0.1) is 11.3 Å². The average molecular weight is 303 g/mol. The van der Waals surface area contributed by atoms with Crippen LogP contribution in [0.15, 0.2) is 18.5 Å². The summed E-state index contributed by atoms with van der Waals surface area (Å²) in [5.74, 6) is 0.856. The van der Waals surface area contributed by atoms with Gasteiger partial charge in [0.15, 0.2) is 0 Å². The number of hydrogen-bond acceptors (Lipinski definition) is 3. The van der Waals surface area contributed by atoms with Crippen LogP contribution in [-0.4, -0.2) is 27.6 Å². The zero-order valence-electron chi connectivity index (χ0n) is 12.8. The molecule has 2 aromatic heterocycles. The highest BCUT2D eigenvalue weighted by molar-refractivity contribution is 7.14. The van der Waals surface area contributed by atoms with E-state index in [1.54, 1.807) is 20.9 Å². The smallest absolute Gasteiger partial charge is 0.263 e. The molecule has 4 nitrogen and oxygen atoms in total. The van der Waals surface area contributed by atoms with E-state index >= 15 is 0 Å². The molecule has 1 aliphatic carbocycles. The molecule has 1 aliphatic rings. The first kappa shape index (κ1) is 14.3. The van der Waals surface area contributed by atoms with E-state index in [1.807, 2.05) is 26.5 Å². The molecule has 0 saturated heterocycles. The molecular formula is C16H21N3OS. The Morgan fingerprint density at radius 2 is 2.38 bits per heavy atom. The lowest BCUT2D eigenvalue weighted by Crippen LogP contribution is -2.25. The summed E-state index contributed by atoms with van der Waals surface area (Å²) in [5, 5.41) is 4.14. The number of hydrogen-bond donors (Lipinski definition) is 0. The van der Waals surface area contributed by atoms with Crippen LogP contribution in [0.3, 0.4) is 0 Å². The molecule has 5 heteroatoms. The zero-order chi connectivity index (χ0) is 15.0. The minimum Gasteiger partial charge on any atom is -0.337 e. The highest BCUT2D eigenvalue weighted by atomic mass is 32.1. The number of carbonyl (C=O) groups excluding carboxylic acids is 1. The monoisotopic (exact) mass is 303 g/mol. The van der Waals surface area contributed by atoms with E-state index in [0.717, 1.165) is 29.2 Å². The Balaban J connectivity index is 1.72. The minimum absolute atomic E-state index is 0.117. The Bertz CT molecular complexity index is 658. The molecule has 112 valence electrons. The molecule has 21 heavy (non-hydrogen) atoms. The van der Waals surface area contributed by atoms with Gasteiger partial charge in [-0.25, -0.2) is 0 Å². The Kier molecular flexibility index (Phi) is 3.85. The van der Waals surface area contributed by atoms with Crippen molar-refractivity contribution in [2.75, 3.05) is 7.05 Å². The van der Waals surface area contributed by atoms with Gasteiger partial charge >= 0.3 is 0 Å². The van der Waals surface area contributed by atoms with Crippen LogP contribution in [0, 0.1) is 5.92 Å². The van der Waals surface area contributed by atoms with Crippen LogP contribution in [-0.2, 0) is 26.4 Å². The van der Waals surface area contributed by atoms with Crippen molar-refractivity contribution < 1.29 is 4.79 Å². The van der Waals surface area contributed by atoms with E-state index in [9.17, 15) is 4.79 Å². The second-order valence-corrected chi connectivity index (χ2v) is 7.23. The molecule has 0 aliphatic heterocycles. The maximum Gasteiger partial charge on any atom is 0.263 e. The predicted molar refractivity (Wildman–Crippen MR) is 84.5 cm³/mol. The van der Waals surface area contributed by atoms with Crippen LogP contribution >= 0.6 is 11.3 Å². The third-order valence-corrected chi connectivity index (χ3v) is 5.29. The summed E-state index contributed by atoms with van der Waals surface area (Å²) >= 11 is 1.68. The molecule has 0 bridgehead atoms. The highest BCUT2D eigenvalue weighted by Gasteiger charge is 2.22. The van der Waals surface area contributed by atoms with Crippen LogP contribution in [0.1, 0.15) is 39.0 Å². The molecule has 3 rings (SSSR count). The molecule has 2 heterocycles. The lowest BCUT2D eigenvalue weighted by atomic mass is 9.90. The highest BCUT2D eigenvalue weighted by Crippen LogP contribution is 2.32. The standard InChI is InChI=1S/C16H21N3OS/c1-11-4-5-14-13(6-11)7-15(21-14)16(20)18(2)9-12-8-17-19(3)10-12/h7-8,10-11H,4-6,9H2,1-3H3/t11-/m0/s1. The minimum atomic E-state index is 0.117. The molecule has 0 N–H and O–H groups in total. The van der Waals surface area contributed by atoms with Crippen molar-refractivity contribution in [2.24, 2.45) is 13.0 Å². The van der Waals surface area contributed by atoms with E-state index in [0.29, 0.717) is 6.54 Å². The number of fused-ring (bicyclic) bond motifs is 1. The molecule has 1 amide bonds. The largest absolute Gasteiger partial charge is 0.337 e. The summed E-state index contributed by atoms with van der Waals surface area (Å²) in [7, 11) is 3.75. The number of aromatic nitrogens is 2. The zero-order valence-corrected chi connectivity index (χ0v) is 13.6. The van der Waals surface area contributed by atoms with Gasteiger partial charge in [0, 0.05) is 37.3 Å². The quantitative estimate of drug-likeness (QED) is 0.874. The summed E-state index contributed by atoms with van der Waals surface area (Å²) in [6, 6.07) is 2.11. The van der Waals surface area contributed by atoms with Crippen LogP contribution < -0.4 is 0 Å². The number of thiophene rings is 1. The Hall–Kier alpha value is -1.62. The van der Waals surface area contributed by atoms with E-state index < -0.39 is 0 Å². The molecule has 1 atom stereocenters. The van der Waals surface area contributed by atoms with Gasteiger partial charge in [0.05, 0.1) is 11.1 Å². The Morgan fingerprint density at radius 1 is 1.57 bits per heavy atom. The van der Waals surface area contributed by atoms with Crippen LogP contribution in [0.4, 0.5) is 0 Å². The Labute approximate surface area is 129 Å². The fourth-order valence-corrected chi connectivity index (χ4v) is 4.10. The van der Waals surface area contributed by atoms with Gasteiger partial charge in [0.2, 0.25) is 0 Å². The maximum atomic E-state index is 12.6. The second-order valence-electron chi connectivity index (χ2n) is 6.09. The maximum absolute atomic E-state index is 12.6. The summed E-state index contributed by atoms with van der Waals surface area (Å²) in [4.78, 5) is 16.6. The van der Waals surface area contributed by atoms with Crippen molar-refractivity contribution in [1.82, 2.24) is 14.7 Å². The van der Waals surface area contributed by atoms with Crippen LogP contribution in [0.25, 0.3) is 0 Å². The van der Waals surface area contributed by atoms with Crippen molar-refractivity contribution in [3.05, 3.63) is 39.3 Å². The van der Waals surface area contributed by atoms with E-state index in [4.69, 9.17) is 0 Å². The first-order valence-electron chi connectivity index (χ1n) is 7.37. The number of carbonyl (C=O) groups is 1. The average Bonchev–Trinajstić information content (AvgIpc) is 3.03. The number of rotatable bonds is 3. The van der Waals surface area contributed by atoms with Gasteiger partial charge < -0.3 is 4.90 Å². The summed E-state index contributed by atoms with van der Waals surface area (Å²) < 4.78 is 1.76. The van der Waals surface area contributed by atoms with E-state index in [2.05, 4.69) is 18.1 Å². The van der Waals surface area contributed by atoms with Gasteiger partial charge in [0.1, 0.15) is 0 Å². The number of aryl methyl sites for hydroxylation is 2. The van der Waals surface area contributed by atoms with Gasteiger partial charge in [-0.1, -0.05) is 6.92 Å². The molecular weight excluding hydrogens is 282 g/mol. The molecule has 0 aromatic carbocycles. The van der Waals surface area contributed by atoms with Crippen LogP contribution in [0.5, 0.6) is 0 Å². The van der Waals surface area contributed by atoms with Gasteiger partial charge in [-0.2, -0.15) is 5.10 Å². The fraction of sp³-hybridized carbons (Fsp3) is 0.500. The van der Waals surface area contributed by atoms with Crippen molar-refractivity contribution >= 4 is 17.2 Å². The van der Waals surface area contributed by atoms with Crippen molar-refractivity contribution in [1.29, 1.82) is 0 Å². The molecule has 0 unspecified atom stereocenters. The SMILES string of the molecule is C[C@H]1CCc2sc(C(=O)N(C)Cc3cnn(C)c3)cc2C1. The van der Waals surface area contributed by atoms with E-state index in [-0.39, 0.29) is 5.91 Å². The Morgan fingerprint density at radius 3 is 3.10 bits per heavy atom. The fourth-order valence-electron chi connectivity index (χ4n) is 2.90. The van der Waals surface area contributed by atoms with Gasteiger partial charge in [0.25, 0.3) is 5.91 Å². The topological polar surface area (TPSA) is 38.1 Å².